The molecule has 5 heteroatoms. The monoisotopic (exact) mass is 342 g/mol. The smallest absolute Gasteiger partial charge is 0.336 e. The van der Waals surface area contributed by atoms with Crippen LogP contribution in [-0.2, 0) is 4.79 Å². The minimum atomic E-state index is -1.05. The third-order valence-corrected chi connectivity index (χ3v) is 3.35. The Morgan fingerprint density at radius 1 is 1.12 bits per heavy atom. The van der Waals surface area contributed by atoms with Crippen molar-refractivity contribution in [3.63, 3.8) is 0 Å². The van der Waals surface area contributed by atoms with Crippen LogP contribution in [0, 0.1) is 0 Å². The van der Waals surface area contributed by atoms with Gasteiger partial charge in [-0.05, 0) is 62.2 Å². The topological polar surface area (TPSA) is 76.0 Å². The molecular weight excluding hydrogens is 320 g/mol. The van der Waals surface area contributed by atoms with E-state index in [2.05, 4.69) is 0 Å². The van der Waals surface area contributed by atoms with Gasteiger partial charge in [-0.3, -0.25) is 0 Å². The van der Waals surface area contributed by atoms with Gasteiger partial charge in [-0.1, -0.05) is 18.2 Å². The Balaban J connectivity index is 2.43. The molecule has 0 spiro atoms. The molecule has 132 valence electrons. The molecule has 0 saturated heterocycles. The van der Waals surface area contributed by atoms with E-state index in [1.807, 2.05) is 20.8 Å². The van der Waals surface area contributed by atoms with Crippen LogP contribution >= 0.6 is 0 Å². The van der Waals surface area contributed by atoms with Crippen molar-refractivity contribution >= 4 is 17.6 Å². The fraction of sp³-hybridized carbons (Fsp3) is 0.250. The zero-order chi connectivity index (χ0) is 18.4. The average Bonchev–Trinajstić information content (AvgIpc) is 2.55. The molecule has 0 saturated carbocycles. The van der Waals surface area contributed by atoms with Crippen molar-refractivity contribution in [3.8, 4) is 17.2 Å². The van der Waals surface area contributed by atoms with Gasteiger partial charge < -0.3 is 19.7 Å². The predicted octanol–water partition coefficient (Wildman–Crippen LogP) is 4.20. The Morgan fingerprint density at radius 2 is 1.80 bits per heavy atom. The van der Waals surface area contributed by atoms with E-state index in [1.54, 1.807) is 36.4 Å². The van der Waals surface area contributed by atoms with Crippen LogP contribution in [0.2, 0.25) is 0 Å². The molecule has 0 heterocycles. The summed E-state index contributed by atoms with van der Waals surface area (Å²) >= 11 is 0. The van der Waals surface area contributed by atoms with E-state index in [-0.39, 0.29) is 17.4 Å². The molecule has 0 atom stereocenters. The molecule has 0 unspecified atom stereocenters. The number of carbonyl (C=O) groups is 1. The van der Waals surface area contributed by atoms with Crippen molar-refractivity contribution < 1.29 is 24.5 Å². The van der Waals surface area contributed by atoms with Crippen LogP contribution in [-0.4, -0.2) is 28.9 Å². The van der Waals surface area contributed by atoms with Crippen molar-refractivity contribution in [2.45, 2.75) is 26.9 Å². The Labute approximate surface area is 147 Å². The van der Waals surface area contributed by atoms with Crippen molar-refractivity contribution in [1.82, 2.24) is 0 Å². The second-order valence-corrected chi connectivity index (χ2v) is 5.72. The van der Waals surface area contributed by atoms with Gasteiger partial charge in [0.15, 0.2) is 11.5 Å². The zero-order valence-electron chi connectivity index (χ0n) is 14.5. The Hall–Kier alpha value is -2.95. The average molecular weight is 342 g/mol. The number of hydrogen-bond donors (Lipinski definition) is 2. The number of phenols is 1. The molecule has 25 heavy (non-hydrogen) atoms. The first kappa shape index (κ1) is 18.4. The molecule has 0 aliphatic rings. The van der Waals surface area contributed by atoms with Gasteiger partial charge in [-0.2, -0.15) is 0 Å². The number of aromatic hydroxyl groups is 1. The Kier molecular flexibility index (Phi) is 6.06. The molecule has 0 fully saturated rings. The SMILES string of the molecule is CCOc1cc(/C=C(\C(=O)O)c2ccc(O)cc2)ccc1OC(C)C. The third-order valence-electron chi connectivity index (χ3n) is 3.35. The highest BCUT2D eigenvalue weighted by atomic mass is 16.5. The summed E-state index contributed by atoms with van der Waals surface area (Å²) in [5.41, 5.74) is 1.32. The largest absolute Gasteiger partial charge is 0.508 e. The molecule has 0 aliphatic carbocycles. The second-order valence-electron chi connectivity index (χ2n) is 5.72. The lowest BCUT2D eigenvalue weighted by Crippen LogP contribution is -2.07. The molecule has 2 rings (SSSR count). The van der Waals surface area contributed by atoms with Gasteiger partial charge in [0.2, 0.25) is 0 Å². The van der Waals surface area contributed by atoms with E-state index in [9.17, 15) is 15.0 Å². The number of aliphatic carboxylic acids is 1. The van der Waals surface area contributed by atoms with Crippen LogP contribution in [0.3, 0.4) is 0 Å². The van der Waals surface area contributed by atoms with E-state index >= 15 is 0 Å². The van der Waals surface area contributed by atoms with Crippen molar-refractivity contribution in [1.29, 1.82) is 0 Å². The van der Waals surface area contributed by atoms with Gasteiger partial charge in [0, 0.05) is 0 Å². The molecule has 0 aromatic heterocycles. The minimum absolute atomic E-state index is 0.00664. The van der Waals surface area contributed by atoms with E-state index in [0.717, 1.165) is 0 Å². The summed E-state index contributed by atoms with van der Waals surface area (Å²) in [4.78, 5) is 11.6. The standard InChI is InChI=1S/C20H22O5/c1-4-24-19-12-14(5-10-18(19)25-13(2)3)11-17(20(22)23)15-6-8-16(21)9-7-15/h5-13,21H,4H2,1-3H3,(H,22,23)/b17-11-. The predicted molar refractivity (Wildman–Crippen MR) is 97.0 cm³/mol. The van der Waals surface area contributed by atoms with Crippen LogP contribution in [0.25, 0.3) is 11.6 Å². The number of rotatable bonds is 7. The van der Waals surface area contributed by atoms with Crippen LogP contribution in [0.1, 0.15) is 31.9 Å². The highest BCUT2D eigenvalue weighted by molar-refractivity contribution is 6.20. The van der Waals surface area contributed by atoms with Crippen molar-refractivity contribution in [3.05, 3.63) is 53.6 Å². The highest BCUT2D eigenvalue weighted by Crippen LogP contribution is 2.31. The highest BCUT2D eigenvalue weighted by Gasteiger charge is 2.12. The lowest BCUT2D eigenvalue weighted by Gasteiger charge is -2.15. The van der Waals surface area contributed by atoms with Gasteiger partial charge in [0.25, 0.3) is 0 Å². The van der Waals surface area contributed by atoms with Crippen molar-refractivity contribution in [2.75, 3.05) is 6.61 Å². The number of ether oxygens (including phenoxy) is 2. The molecule has 0 bridgehead atoms. The summed E-state index contributed by atoms with van der Waals surface area (Å²) in [6, 6.07) is 11.3. The van der Waals surface area contributed by atoms with Gasteiger partial charge in [0.05, 0.1) is 18.3 Å². The summed E-state index contributed by atoms with van der Waals surface area (Å²) in [6.45, 7) is 6.21. The lowest BCUT2D eigenvalue weighted by molar-refractivity contribution is -0.130. The van der Waals surface area contributed by atoms with E-state index < -0.39 is 5.97 Å². The maximum absolute atomic E-state index is 11.6. The minimum Gasteiger partial charge on any atom is -0.508 e. The molecule has 2 N–H and O–H groups in total. The second kappa shape index (κ2) is 8.24. The lowest BCUT2D eigenvalue weighted by atomic mass is 10.0. The Bertz CT molecular complexity index is 760. The van der Waals surface area contributed by atoms with Gasteiger partial charge >= 0.3 is 5.97 Å². The van der Waals surface area contributed by atoms with E-state index in [1.165, 1.54) is 12.1 Å². The summed E-state index contributed by atoms with van der Waals surface area (Å²) in [6.07, 6.45) is 1.57. The van der Waals surface area contributed by atoms with Gasteiger partial charge in [0.1, 0.15) is 5.75 Å². The van der Waals surface area contributed by atoms with E-state index in [4.69, 9.17) is 9.47 Å². The number of carboxylic acids is 1. The number of benzene rings is 2. The fourth-order valence-electron chi connectivity index (χ4n) is 2.31. The number of hydrogen-bond acceptors (Lipinski definition) is 4. The Morgan fingerprint density at radius 3 is 2.36 bits per heavy atom. The normalized spacial score (nSPS) is 11.4. The maximum atomic E-state index is 11.6. The molecule has 2 aromatic carbocycles. The summed E-state index contributed by atoms with van der Waals surface area (Å²) in [7, 11) is 0. The van der Waals surface area contributed by atoms with Gasteiger partial charge in [-0.25, -0.2) is 4.79 Å². The molecule has 0 aliphatic heterocycles. The van der Waals surface area contributed by atoms with Crippen LogP contribution in [0.15, 0.2) is 42.5 Å². The summed E-state index contributed by atoms with van der Waals surface area (Å²) in [5.74, 6) is 0.226. The van der Waals surface area contributed by atoms with Gasteiger partial charge in [-0.15, -0.1) is 0 Å². The zero-order valence-corrected chi connectivity index (χ0v) is 14.5. The van der Waals surface area contributed by atoms with Crippen LogP contribution < -0.4 is 9.47 Å². The summed E-state index contributed by atoms with van der Waals surface area (Å²) < 4.78 is 11.3. The fourth-order valence-corrected chi connectivity index (χ4v) is 2.31. The third kappa shape index (κ3) is 5.01. The van der Waals surface area contributed by atoms with Crippen molar-refractivity contribution in [2.24, 2.45) is 0 Å². The first-order valence-corrected chi connectivity index (χ1v) is 8.08. The molecular formula is C20H22O5. The molecule has 2 aromatic rings. The molecule has 0 radical (unpaired) electrons. The van der Waals surface area contributed by atoms with E-state index in [0.29, 0.717) is 29.2 Å². The van der Waals surface area contributed by atoms with Crippen LogP contribution in [0.5, 0.6) is 17.2 Å². The quantitative estimate of drug-likeness (QED) is 0.582. The number of carboxylic acid groups (broad SMARTS) is 1. The van der Waals surface area contributed by atoms with Crippen LogP contribution in [0.4, 0.5) is 0 Å². The summed E-state index contributed by atoms with van der Waals surface area (Å²) in [5, 5.41) is 18.9. The first-order valence-electron chi connectivity index (χ1n) is 8.08. The first-order chi connectivity index (χ1) is 11.9. The molecule has 0 amide bonds. The maximum Gasteiger partial charge on any atom is 0.336 e. The number of phenolic OH excluding ortho intramolecular Hbond substituents is 1. The molecule has 5 nitrogen and oxygen atoms in total.